The molecule has 2 aromatic rings. The smallest absolute Gasteiger partial charge is 0.122 e. The molecule has 1 aromatic carbocycles. The summed E-state index contributed by atoms with van der Waals surface area (Å²) in [6.07, 6.45) is 3.81. The molecule has 1 unspecified atom stereocenters. The number of fused-ring (bicyclic) bond motifs is 1. The molecule has 0 spiro atoms. The van der Waals surface area contributed by atoms with Gasteiger partial charge < -0.3 is 9.84 Å². The van der Waals surface area contributed by atoms with E-state index in [4.69, 9.17) is 4.74 Å². The molecule has 0 saturated carbocycles. The minimum atomic E-state index is -0.461. The summed E-state index contributed by atoms with van der Waals surface area (Å²) in [7, 11) is 1.85. The first-order chi connectivity index (χ1) is 9.24. The lowest BCUT2D eigenvalue weighted by atomic mass is 10.0. The fourth-order valence-corrected chi connectivity index (χ4v) is 2.56. The Hall–Kier alpha value is -1.81. The number of aromatic nitrogens is 2. The summed E-state index contributed by atoms with van der Waals surface area (Å²) in [5, 5.41) is 14.2. The van der Waals surface area contributed by atoms with Crippen LogP contribution >= 0.6 is 0 Å². The van der Waals surface area contributed by atoms with Gasteiger partial charge in [0.15, 0.2) is 0 Å². The van der Waals surface area contributed by atoms with E-state index >= 15 is 0 Å². The van der Waals surface area contributed by atoms with Crippen LogP contribution < -0.4 is 4.74 Å². The second kappa shape index (κ2) is 5.05. The Balaban J connectivity index is 1.65. The summed E-state index contributed by atoms with van der Waals surface area (Å²) >= 11 is 0. The fourth-order valence-electron chi connectivity index (χ4n) is 2.56. The standard InChI is InChI=1S/C15H18N2O2/c1-17-13(6-8-16-17)14(18)4-2-11-3-5-15-12(10-11)7-9-19-15/h3,5-6,8,10,14,18H,2,4,7,9H2,1H3. The van der Waals surface area contributed by atoms with Crippen molar-refractivity contribution in [3.63, 3.8) is 0 Å². The Morgan fingerprint density at radius 3 is 3.11 bits per heavy atom. The molecular weight excluding hydrogens is 240 g/mol. The molecule has 3 rings (SSSR count). The first-order valence-corrected chi connectivity index (χ1v) is 6.64. The van der Waals surface area contributed by atoms with Crippen molar-refractivity contribution in [1.82, 2.24) is 9.78 Å². The van der Waals surface area contributed by atoms with Crippen LogP contribution in [0.4, 0.5) is 0 Å². The van der Waals surface area contributed by atoms with E-state index in [1.54, 1.807) is 10.9 Å². The monoisotopic (exact) mass is 258 g/mol. The van der Waals surface area contributed by atoms with Gasteiger partial charge in [0.05, 0.1) is 18.4 Å². The normalized spacial score (nSPS) is 15.1. The lowest BCUT2D eigenvalue weighted by molar-refractivity contribution is 0.158. The van der Waals surface area contributed by atoms with Gasteiger partial charge in [-0.1, -0.05) is 12.1 Å². The molecule has 1 N–H and O–H groups in total. The highest BCUT2D eigenvalue weighted by Crippen LogP contribution is 2.27. The molecule has 0 saturated heterocycles. The third-order valence-electron chi connectivity index (χ3n) is 3.66. The van der Waals surface area contributed by atoms with Gasteiger partial charge in [-0.25, -0.2) is 0 Å². The van der Waals surface area contributed by atoms with E-state index in [2.05, 4.69) is 17.2 Å². The molecule has 0 radical (unpaired) electrons. The van der Waals surface area contributed by atoms with E-state index < -0.39 is 6.10 Å². The third kappa shape index (κ3) is 2.49. The zero-order valence-electron chi connectivity index (χ0n) is 11.0. The number of aliphatic hydroxyl groups excluding tert-OH is 1. The second-order valence-electron chi connectivity index (χ2n) is 4.97. The van der Waals surface area contributed by atoms with E-state index in [1.165, 1.54) is 11.1 Å². The van der Waals surface area contributed by atoms with Crippen LogP contribution in [0.25, 0.3) is 0 Å². The van der Waals surface area contributed by atoms with E-state index in [0.717, 1.165) is 30.9 Å². The van der Waals surface area contributed by atoms with Crippen molar-refractivity contribution in [1.29, 1.82) is 0 Å². The molecule has 0 amide bonds. The highest BCUT2D eigenvalue weighted by atomic mass is 16.5. The van der Waals surface area contributed by atoms with Crippen molar-refractivity contribution in [2.24, 2.45) is 7.05 Å². The lowest BCUT2D eigenvalue weighted by Crippen LogP contribution is -2.06. The topological polar surface area (TPSA) is 47.3 Å². The zero-order chi connectivity index (χ0) is 13.2. The summed E-state index contributed by atoms with van der Waals surface area (Å²) in [6.45, 7) is 0.788. The molecule has 1 aromatic heterocycles. The molecule has 0 bridgehead atoms. The molecule has 1 aliphatic heterocycles. The number of nitrogens with zero attached hydrogens (tertiary/aromatic N) is 2. The van der Waals surface area contributed by atoms with Gasteiger partial charge in [-0.2, -0.15) is 5.10 Å². The predicted octanol–water partition coefficient (Wildman–Crippen LogP) is 2.02. The highest BCUT2D eigenvalue weighted by Gasteiger charge is 2.14. The number of benzene rings is 1. The Morgan fingerprint density at radius 1 is 1.42 bits per heavy atom. The zero-order valence-corrected chi connectivity index (χ0v) is 11.0. The van der Waals surface area contributed by atoms with Crippen molar-refractivity contribution in [3.8, 4) is 5.75 Å². The third-order valence-corrected chi connectivity index (χ3v) is 3.66. The Morgan fingerprint density at radius 2 is 2.32 bits per heavy atom. The summed E-state index contributed by atoms with van der Waals surface area (Å²) in [4.78, 5) is 0. The molecule has 100 valence electrons. The van der Waals surface area contributed by atoms with Gasteiger partial charge in [0.25, 0.3) is 0 Å². The number of aliphatic hydroxyl groups is 1. The van der Waals surface area contributed by atoms with Crippen LogP contribution in [0.15, 0.2) is 30.5 Å². The number of hydrogen-bond acceptors (Lipinski definition) is 3. The average molecular weight is 258 g/mol. The van der Waals surface area contributed by atoms with Crippen LogP contribution in [0.2, 0.25) is 0 Å². The molecular formula is C15H18N2O2. The molecule has 0 aliphatic carbocycles. The van der Waals surface area contributed by atoms with E-state index in [-0.39, 0.29) is 0 Å². The van der Waals surface area contributed by atoms with E-state index in [1.807, 2.05) is 19.2 Å². The van der Waals surface area contributed by atoms with Crippen LogP contribution in [-0.2, 0) is 19.9 Å². The molecule has 4 nitrogen and oxygen atoms in total. The van der Waals surface area contributed by atoms with Crippen LogP contribution in [0.3, 0.4) is 0 Å². The summed E-state index contributed by atoms with van der Waals surface area (Å²) in [5.74, 6) is 1.01. The van der Waals surface area contributed by atoms with Gasteiger partial charge in [-0.3, -0.25) is 4.68 Å². The quantitative estimate of drug-likeness (QED) is 0.912. The number of hydrogen-bond donors (Lipinski definition) is 1. The first-order valence-electron chi connectivity index (χ1n) is 6.64. The van der Waals surface area contributed by atoms with Crippen LogP contribution in [0, 0.1) is 0 Å². The summed E-state index contributed by atoms with van der Waals surface area (Å²) in [6, 6.07) is 8.17. The van der Waals surface area contributed by atoms with Crippen molar-refractivity contribution in [2.75, 3.05) is 6.61 Å². The van der Waals surface area contributed by atoms with Gasteiger partial charge >= 0.3 is 0 Å². The molecule has 19 heavy (non-hydrogen) atoms. The van der Waals surface area contributed by atoms with E-state index in [9.17, 15) is 5.11 Å². The minimum absolute atomic E-state index is 0.461. The fraction of sp³-hybridized carbons (Fsp3) is 0.400. The summed E-state index contributed by atoms with van der Waals surface area (Å²) in [5.41, 5.74) is 3.41. The first kappa shape index (κ1) is 12.2. The number of ether oxygens (including phenoxy) is 1. The maximum absolute atomic E-state index is 10.2. The number of rotatable bonds is 4. The maximum Gasteiger partial charge on any atom is 0.122 e. The van der Waals surface area contributed by atoms with Crippen LogP contribution in [0.5, 0.6) is 5.75 Å². The Kier molecular flexibility index (Phi) is 3.25. The van der Waals surface area contributed by atoms with Crippen LogP contribution in [0.1, 0.15) is 29.3 Å². The Labute approximate surface area is 112 Å². The van der Waals surface area contributed by atoms with Crippen molar-refractivity contribution in [3.05, 3.63) is 47.3 Å². The van der Waals surface area contributed by atoms with Gasteiger partial charge in [0, 0.05) is 19.7 Å². The minimum Gasteiger partial charge on any atom is -0.493 e. The predicted molar refractivity (Wildman–Crippen MR) is 72.1 cm³/mol. The number of aryl methyl sites for hydroxylation is 2. The van der Waals surface area contributed by atoms with Crippen molar-refractivity contribution in [2.45, 2.75) is 25.4 Å². The largest absolute Gasteiger partial charge is 0.493 e. The molecule has 4 heteroatoms. The van der Waals surface area contributed by atoms with Crippen molar-refractivity contribution < 1.29 is 9.84 Å². The second-order valence-corrected chi connectivity index (χ2v) is 4.97. The SMILES string of the molecule is Cn1nccc1C(O)CCc1ccc2c(c1)CCO2. The molecule has 2 heterocycles. The van der Waals surface area contributed by atoms with Crippen LogP contribution in [-0.4, -0.2) is 21.5 Å². The highest BCUT2D eigenvalue weighted by molar-refractivity contribution is 5.39. The molecule has 0 fully saturated rings. The van der Waals surface area contributed by atoms with Crippen molar-refractivity contribution >= 4 is 0 Å². The average Bonchev–Trinajstić information content (AvgIpc) is 3.03. The molecule has 1 atom stereocenters. The van der Waals surface area contributed by atoms with Gasteiger partial charge in [0.2, 0.25) is 0 Å². The summed E-state index contributed by atoms with van der Waals surface area (Å²) < 4.78 is 7.22. The van der Waals surface area contributed by atoms with Gasteiger partial charge in [-0.05, 0) is 36.1 Å². The van der Waals surface area contributed by atoms with E-state index in [0.29, 0.717) is 6.42 Å². The lowest BCUT2D eigenvalue weighted by Gasteiger charge is -2.11. The van der Waals surface area contributed by atoms with Gasteiger partial charge in [0.1, 0.15) is 5.75 Å². The molecule has 1 aliphatic rings. The Bertz CT molecular complexity index is 577. The maximum atomic E-state index is 10.2. The van der Waals surface area contributed by atoms with Gasteiger partial charge in [-0.15, -0.1) is 0 Å².